The van der Waals surface area contributed by atoms with E-state index in [0.29, 0.717) is 39.8 Å². The number of carbonyl (C=O) groups is 2. The van der Waals surface area contributed by atoms with Gasteiger partial charge in [-0.1, -0.05) is 22.0 Å². The van der Waals surface area contributed by atoms with Crippen LogP contribution in [0.3, 0.4) is 0 Å². The van der Waals surface area contributed by atoms with E-state index in [9.17, 15) is 18.9 Å². The first-order valence-corrected chi connectivity index (χ1v) is 11.8. The lowest BCUT2D eigenvalue weighted by Crippen LogP contribution is -2.16. The highest BCUT2D eigenvalue weighted by Crippen LogP contribution is 2.33. The Balaban J connectivity index is 1.55. The number of nitrogens with one attached hydrogen (secondary N) is 2. The van der Waals surface area contributed by atoms with Crippen LogP contribution in [0.15, 0.2) is 64.0 Å². The summed E-state index contributed by atoms with van der Waals surface area (Å²) in [5.41, 5.74) is 1.66. The van der Waals surface area contributed by atoms with Gasteiger partial charge in [0.1, 0.15) is 13.2 Å². The maximum absolute atomic E-state index is 13.0. The Kier molecular flexibility index (Phi) is 6.66. The SMILES string of the molecule is Cc1ccc(C(=O)Nc2ccc(Br)cc2C(=O)O)cc1S(=O)Nc1ccc2c(c1)OCCO2. The second-order valence-electron chi connectivity index (χ2n) is 7.16. The predicted molar refractivity (Wildman–Crippen MR) is 128 cm³/mol. The fourth-order valence-electron chi connectivity index (χ4n) is 3.21. The molecule has 3 aromatic carbocycles. The molecule has 1 amide bonds. The molecule has 0 radical (unpaired) electrons. The highest BCUT2D eigenvalue weighted by atomic mass is 79.9. The Morgan fingerprint density at radius 3 is 2.52 bits per heavy atom. The molecule has 0 saturated heterocycles. The zero-order valence-corrected chi connectivity index (χ0v) is 19.8. The van der Waals surface area contributed by atoms with Crippen molar-refractivity contribution in [3.63, 3.8) is 0 Å². The van der Waals surface area contributed by atoms with Crippen LogP contribution in [-0.2, 0) is 11.0 Å². The van der Waals surface area contributed by atoms with Gasteiger partial charge in [0.15, 0.2) is 22.5 Å². The summed E-state index contributed by atoms with van der Waals surface area (Å²) in [5.74, 6) is -0.490. The van der Waals surface area contributed by atoms with Crippen molar-refractivity contribution in [1.82, 2.24) is 0 Å². The van der Waals surface area contributed by atoms with Gasteiger partial charge < -0.3 is 24.6 Å². The molecule has 1 atom stereocenters. The Morgan fingerprint density at radius 2 is 1.76 bits per heavy atom. The minimum atomic E-state index is -1.66. The third-order valence-corrected chi connectivity index (χ3v) is 6.62. The van der Waals surface area contributed by atoms with E-state index in [-0.39, 0.29) is 16.8 Å². The summed E-state index contributed by atoms with van der Waals surface area (Å²) in [5, 5.41) is 12.0. The zero-order valence-electron chi connectivity index (χ0n) is 17.4. The predicted octanol–water partition coefficient (Wildman–Crippen LogP) is 4.61. The summed E-state index contributed by atoms with van der Waals surface area (Å²) in [4.78, 5) is 24.7. The maximum Gasteiger partial charge on any atom is 0.337 e. The van der Waals surface area contributed by atoms with Gasteiger partial charge in [-0.15, -0.1) is 0 Å². The van der Waals surface area contributed by atoms with Gasteiger partial charge in [0, 0.05) is 16.1 Å². The fourth-order valence-corrected chi connectivity index (χ4v) is 4.61. The molecule has 10 heteroatoms. The molecule has 1 aliphatic heterocycles. The minimum Gasteiger partial charge on any atom is -0.486 e. The molecule has 4 rings (SSSR count). The van der Waals surface area contributed by atoms with Crippen molar-refractivity contribution < 1.29 is 28.4 Å². The second kappa shape index (κ2) is 9.63. The molecular formula is C23H19BrN2O6S. The van der Waals surface area contributed by atoms with Crippen LogP contribution in [0.2, 0.25) is 0 Å². The number of aromatic carboxylic acids is 1. The van der Waals surface area contributed by atoms with Crippen LogP contribution in [-0.4, -0.2) is 34.4 Å². The van der Waals surface area contributed by atoms with Crippen molar-refractivity contribution in [2.45, 2.75) is 11.8 Å². The van der Waals surface area contributed by atoms with Gasteiger partial charge in [-0.3, -0.25) is 4.79 Å². The van der Waals surface area contributed by atoms with Crippen LogP contribution in [0.4, 0.5) is 11.4 Å². The maximum atomic E-state index is 13.0. The van der Waals surface area contributed by atoms with E-state index in [1.165, 1.54) is 18.2 Å². The number of halogens is 1. The number of hydrogen-bond donors (Lipinski definition) is 3. The van der Waals surface area contributed by atoms with Gasteiger partial charge in [-0.25, -0.2) is 9.00 Å². The molecule has 1 heterocycles. The molecule has 0 saturated carbocycles. The molecule has 0 aliphatic carbocycles. The first-order valence-electron chi connectivity index (χ1n) is 9.85. The molecule has 0 bridgehead atoms. The molecule has 170 valence electrons. The van der Waals surface area contributed by atoms with Crippen LogP contribution in [0.5, 0.6) is 11.5 Å². The topological polar surface area (TPSA) is 114 Å². The second-order valence-corrected chi connectivity index (χ2v) is 9.26. The summed E-state index contributed by atoms with van der Waals surface area (Å²) >= 11 is 3.22. The third kappa shape index (κ3) is 5.18. The average Bonchev–Trinajstić information content (AvgIpc) is 2.80. The van der Waals surface area contributed by atoms with E-state index in [0.717, 1.165) is 5.56 Å². The van der Waals surface area contributed by atoms with Crippen LogP contribution in [0.25, 0.3) is 0 Å². The number of hydrogen-bond acceptors (Lipinski definition) is 5. The molecule has 0 aromatic heterocycles. The summed E-state index contributed by atoms with van der Waals surface area (Å²) in [6.45, 7) is 2.71. The van der Waals surface area contributed by atoms with E-state index in [4.69, 9.17) is 9.47 Å². The van der Waals surface area contributed by atoms with E-state index in [2.05, 4.69) is 26.0 Å². The Bertz CT molecular complexity index is 1280. The van der Waals surface area contributed by atoms with Gasteiger partial charge in [-0.2, -0.15) is 0 Å². The minimum absolute atomic E-state index is 0.0473. The first-order chi connectivity index (χ1) is 15.8. The van der Waals surface area contributed by atoms with Gasteiger partial charge in [0.2, 0.25) is 0 Å². The molecular weight excluding hydrogens is 512 g/mol. The largest absolute Gasteiger partial charge is 0.486 e. The van der Waals surface area contributed by atoms with Crippen molar-refractivity contribution in [2.24, 2.45) is 0 Å². The summed E-state index contributed by atoms with van der Waals surface area (Å²) in [6.07, 6.45) is 0. The quantitative estimate of drug-likeness (QED) is 0.428. The van der Waals surface area contributed by atoms with E-state index < -0.39 is 22.9 Å². The zero-order chi connectivity index (χ0) is 23.5. The molecule has 0 spiro atoms. The first kappa shape index (κ1) is 22.8. The van der Waals surface area contributed by atoms with Crippen molar-refractivity contribution >= 4 is 50.2 Å². The van der Waals surface area contributed by atoms with Crippen LogP contribution >= 0.6 is 15.9 Å². The number of anilines is 2. The lowest BCUT2D eigenvalue weighted by Gasteiger charge is -2.19. The molecule has 1 aliphatic rings. The van der Waals surface area contributed by atoms with Crippen LogP contribution in [0.1, 0.15) is 26.3 Å². The molecule has 8 nitrogen and oxygen atoms in total. The van der Waals surface area contributed by atoms with Crippen molar-refractivity contribution in [3.8, 4) is 11.5 Å². The average molecular weight is 531 g/mol. The standard InChI is InChI=1S/C23H19BrN2O6S/c1-13-2-3-14(22(27)25-18-6-4-15(24)11-17(18)23(28)29)10-21(13)33(30)26-16-5-7-19-20(12-16)32-9-8-31-19/h2-7,10-12,26H,8-9H2,1H3,(H,25,27)(H,28,29). The summed E-state index contributed by atoms with van der Waals surface area (Å²) in [6, 6.07) is 14.5. The molecule has 33 heavy (non-hydrogen) atoms. The van der Waals surface area contributed by atoms with Crippen LogP contribution in [0, 0.1) is 6.92 Å². The monoisotopic (exact) mass is 530 g/mol. The summed E-state index contributed by atoms with van der Waals surface area (Å²) in [7, 11) is -1.66. The van der Waals surface area contributed by atoms with Crippen molar-refractivity contribution in [3.05, 3.63) is 75.8 Å². The normalized spacial score (nSPS) is 13.2. The number of carboxylic acid groups (broad SMARTS) is 1. The number of benzene rings is 3. The molecule has 1 unspecified atom stereocenters. The van der Waals surface area contributed by atoms with Gasteiger partial charge in [0.25, 0.3) is 5.91 Å². The van der Waals surface area contributed by atoms with Crippen molar-refractivity contribution in [2.75, 3.05) is 23.3 Å². The van der Waals surface area contributed by atoms with Gasteiger partial charge >= 0.3 is 5.97 Å². The van der Waals surface area contributed by atoms with E-state index >= 15 is 0 Å². The van der Waals surface area contributed by atoms with Gasteiger partial charge in [-0.05, 0) is 55.0 Å². The van der Waals surface area contributed by atoms with E-state index in [1.54, 1.807) is 43.3 Å². The Labute approximate surface area is 200 Å². The van der Waals surface area contributed by atoms with Crippen molar-refractivity contribution in [1.29, 1.82) is 0 Å². The van der Waals surface area contributed by atoms with Crippen LogP contribution < -0.4 is 19.5 Å². The number of carbonyl (C=O) groups excluding carboxylic acids is 1. The number of fused-ring (bicyclic) bond motifs is 1. The molecule has 0 fully saturated rings. The number of rotatable bonds is 6. The number of amides is 1. The third-order valence-electron chi connectivity index (χ3n) is 4.86. The lowest BCUT2D eigenvalue weighted by molar-refractivity contribution is 0.0698. The Hall–Kier alpha value is -3.37. The highest BCUT2D eigenvalue weighted by Gasteiger charge is 2.18. The Morgan fingerprint density at radius 1 is 1.00 bits per heavy atom. The molecule has 3 aromatic rings. The number of aryl methyl sites for hydroxylation is 1. The number of ether oxygens (including phenoxy) is 2. The van der Waals surface area contributed by atoms with E-state index in [1.807, 2.05) is 0 Å². The molecule has 3 N–H and O–H groups in total. The fraction of sp³-hybridized carbons (Fsp3) is 0.130. The lowest BCUT2D eigenvalue weighted by atomic mass is 10.1. The van der Waals surface area contributed by atoms with Gasteiger partial charge in [0.05, 0.1) is 21.8 Å². The summed E-state index contributed by atoms with van der Waals surface area (Å²) < 4.78 is 27.6. The number of carboxylic acids is 1. The smallest absolute Gasteiger partial charge is 0.337 e. The highest BCUT2D eigenvalue weighted by molar-refractivity contribution is 9.10.